The third-order valence-electron chi connectivity index (χ3n) is 4.89. The van der Waals surface area contributed by atoms with Crippen LogP contribution < -0.4 is 4.74 Å². The number of ether oxygens (including phenoxy) is 2. The van der Waals surface area contributed by atoms with Crippen molar-refractivity contribution in [3.8, 4) is 5.75 Å². The minimum absolute atomic E-state index is 0.0298. The van der Waals surface area contributed by atoms with Crippen LogP contribution >= 0.6 is 11.8 Å². The minimum atomic E-state index is -0.839. The summed E-state index contributed by atoms with van der Waals surface area (Å²) in [5.74, 6) is 0.0803. The zero-order chi connectivity index (χ0) is 17.2. The average molecular weight is 351 g/mol. The number of amides is 1. The first-order valence-corrected chi connectivity index (χ1v) is 8.89. The van der Waals surface area contributed by atoms with Gasteiger partial charge >= 0.3 is 5.97 Å². The summed E-state index contributed by atoms with van der Waals surface area (Å²) in [6, 6.07) is 7.55. The number of hydrogen-bond donors (Lipinski definition) is 1. The number of thioether (sulfide) groups is 1. The Kier molecular flexibility index (Phi) is 5.01. The van der Waals surface area contributed by atoms with Crippen molar-refractivity contribution < 1.29 is 24.2 Å². The highest BCUT2D eigenvalue weighted by Crippen LogP contribution is 2.42. The van der Waals surface area contributed by atoms with Gasteiger partial charge in [0.1, 0.15) is 5.75 Å². The molecule has 7 heteroatoms. The van der Waals surface area contributed by atoms with Gasteiger partial charge < -0.3 is 19.5 Å². The number of carboxylic acid groups (broad SMARTS) is 1. The molecule has 1 N–H and O–H groups in total. The summed E-state index contributed by atoms with van der Waals surface area (Å²) in [5, 5.41) is 9.65. The zero-order valence-electron chi connectivity index (χ0n) is 13.6. The van der Waals surface area contributed by atoms with Crippen molar-refractivity contribution in [3.05, 3.63) is 24.3 Å². The molecule has 2 atom stereocenters. The lowest BCUT2D eigenvalue weighted by molar-refractivity contribution is -0.157. The second kappa shape index (κ2) is 7.03. The Bertz CT molecular complexity index is 637. The lowest BCUT2D eigenvalue weighted by Crippen LogP contribution is -2.45. The summed E-state index contributed by atoms with van der Waals surface area (Å²) in [6.07, 6.45) is 0.472. The van der Waals surface area contributed by atoms with E-state index in [0.29, 0.717) is 26.2 Å². The van der Waals surface area contributed by atoms with E-state index in [1.165, 1.54) is 11.8 Å². The first kappa shape index (κ1) is 17.1. The van der Waals surface area contributed by atoms with E-state index in [4.69, 9.17) is 9.47 Å². The summed E-state index contributed by atoms with van der Waals surface area (Å²) in [6.45, 7) is 1.61. The summed E-state index contributed by atoms with van der Waals surface area (Å²) in [4.78, 5) is 26.9. The molecule has 2 fully saturated rings. The SMILES string of the molecule is COc1cccc(SCC(=O)N2C[C@@H]3COCC[C@]3(C(=O)O)C2)c1. The van der Waals surface area contributed by atoms with E-state index >= 15 is 0 Å². The molecule has 0 unspecified atom stereocenters. The molecule has 1 aromatic rings. The summed E-state index contributed by atoms with van der Waals surface area (Å²) >= 11 is 1.44. The third-order valence-corrected chi connectivity index (χ3v) is 5.87. The predicted octanol–water partition coefficient (Wildman–Crippen LogP) is 1.74. The molecular formula is C17H21NO5S. The second-order valence-corrected chi connectivity index (χ2v) is 7.27. The van der Waals surface area contributed by atoms with Gasteiger partial charge in [-0.1, -0.05) is 6.07 Å². The van der Waals surface area contributed by atoms with Crippen LogP contribution in [0.5, 0.6) is 5.75 Å². The van der Waals surface area contributed by atoms with Crippen molar-refractivity contribution in [2.45, 2.75) is 11.3 Å². The number of nitrogens with zero attached hydrogens (tertiary/aromatic N) is 1. The van der Waals surface area contributed by atoms with E-state index in [2.05, 4.69) is 0 Å². The van der Waals surface area contributed by atoms with Crippen molar-refractivity contribution in [2.24, 2.45) is 11.3 Å². The van der Waals surface area contributed by atoms with Crippen molar-refractivity contribution in [1.82, 2.24) is 4.90 Å². The van der Waals surface area contributed by atoms with Crippen LogP contribution in [0.1, 0.15) is 6.42 Å². The Morgan fingerprint density at radius 3 is 3.04 bits per heavy atom. The largest absolute Gasteiger partial charge is 0.497 e. The van der Waals surface area contributed by atoms with Gasteiger partial charge in [0.25, 0.3) is 0 Å². The van der Waals surface area contributed by atoms with E-state index in [0.717, 1.165) is 10.6 Å². The van der Waals surface area contributed by atoms with Gasteiger partial charge in [-0.2, -0.15) is 0 Å². The number of likely N-dealkylation sites (tertiary alicyclic amines) is 1. The van der Waals surface area contributed by atoms with Crippen LogP contribution in [0.3, 0.4) is 0 Å². The Labute approximate surface area is 145 Å². The number of methoxy groups -OCH3 is 1. The number of benzene rings is 1. The van der Waals surface area contributed by atoms with Crippen LogP contribution in [-0.4, -0.2) is 61.0 Å². The second-order valence-electron chi connectivity index (χ2n) is 6.23. The number of carbonyl (C=O) groups excluding carboxylic acids is 1. The van der Waals surface area contributed by atoms with Gasteiger partial charge in [0.05, 0.1) is 24.9 Å². The summed E-state index contributed by atoms with van der Waals surface area (Å²) in [5.41, 5.74) is -0.839. The van der Waals surface area contributed by atoms with Crippen molar-refractivity contribution in [3.63, 3.8) is 0 Å². The zero-order valence-corrected chi connectivity index (χ0v) is 14.4. The Morgan fingerprint density at radius 2 is 2.33 bits per heavy atom. The third kappa shape index (κ3) is 3.23. The maximum Gasteiger partial charge on any atom is 0.311 e. The molecule has 130 valence electrons. The predicted molar refractivity (Wildman–Crippen MR) is 89.3 cm³/mol. The van der Waals surface area contributed by atoms with Gasteiger partial charge in [-0.25, -0.2) is 0 Å². The first-order chi connectivity index (χ1) is 11.5. The molecule has 0 radical (unpaired) electrons. The van der Waals surface area contributed by atoms with Gasteiger partial charge in [0.2, 0.25) is 5.91 Å². The highest BCUT2D eigenvalue weighted by molar-refractivity contribution is 8.00. The van der Waals surface area contributed by atoms with E-state index in [1.54, 1.807) is 12.0 Å². The molecule has 0 bridgehead atoms. The Hall–Kier alpha value is -1.73. The summed E-state index contributed by atoms with van der Waals surface area (Å²) in [7, 11) is 1.61. The molecule has 1 aromatic carbocycles. The lowest BCUT2D eigenvalue weighted by atomic mass is 9.74. The minimum Gasteiger partial charge on any atom is -0.497 e. The van der Waals surface area contributed by atoms with Crippen molar-refractivity contribution >= 4 is 23.6 Å². The molecule has 2 aliphatic heterocycles. The topological polar surface area (TPSA) is 76.1 Å². The van der Waals surface area contributed by atoms with Gasteiger partial charge in [0, 0.05) is 30.5 Å². The number of hydrogen-bond acceptors (Lipinski definition) is 5. The van der Waals surface area contributed by atoms with Gasteiger partial charge in [0.15, 0.2) is 0 Å². The first-order valence-electron chi connectivity index (χ1n) is 7.91. The standard InChI is InChI=1S/C17H21NO5S/c1-22-13-3-2-4-14(7-13)24-10-15(19)18-8-12-9-23-6-5-17(12,11-18)16(20)21/h2-4,7,12H,5-6,8-11H2,1H3,(H,20,21)/t12-,17+/m1/s1. The molecule has 6 nitrogen and oxygen atoms in total. The molecule has 2 aliphatic rings. The molecule has 2 heterocycles. The maximum absolute atomic E-state index is 12.5. The molecule has 0 spiro atoms. The maximum atomic E-state index is 12.5. The van der Waals surface area contributed by atoms with Crippen LogP contribution in [0.4, 0.5) is 0 Å². The molecular weight excluding hydrogens is 330 g/mol. The van der Waals surface area contributed by atoms with Crippen LogP contribution in [0.25, 0.3) is 0 Å². The summed E-state index contributed by atoms with van der Waals surface area (Å²) < 4.78 is 10.6. The van der Waals surface area contributed by atoms with Crippen LogP contribution in [0.15, 0.2) is 29.2 Å². The highest BCUT2D eigenvalue weighted by Gasteiger charge is 2.54. The number of carboxylic acids is 1. The average Bonchev–Trinajstić information content (AvgIpc) is 3.01. The van der Waals surface area contributed by atoms with Crippen molar-refractivity contribution in [1.29, 1.82) is 0 Å². The van der Waals surface area contributed by atoms with Crippen molar-refractivity contribution in [2.75, 3.05) is 39.2 Å². The van der Waals surface area contributed by atoms with E-state index < -0.39 is 11.4 Å². The van der Waals surface area contributed by atoms with Crippen LogP contribution in [0.2, 0.25) is 0 Å². The van der Waals surface area contributed by atoms with Gasteiger partial charge in [-0.05, 0) is 24.6 Å². The number of aliphatic carboxylic acids is 1. The fraction of sp³-hybridized carbons (Fsp3) is 0.529. The normalized spacial score (nSPS) is 26.0. The Balaban J connectivity index is 1.62. The van der Waals surface area contributed by atoms with E-state index in [-0.39, 0.29) is 24.1 Å². The highest BCUT2D eigenvalue weighted by atomic mass is 32.2. The van der Waals surface area contributed by atoms with E-state index in [9.17, 15) is 14.7 Å². The molecule has 3 rings (SSSR count). The fourth-order valence-corrected chi connectivity index (χ4v) is 4.26. The molecule has 0 aromatic heterocycles. The molecule has 0 aliphatic carbocycles. The van der Waals surface area contributed by atoms with Crippen LogP contribution in [0, 0.1) is 11.3 Å². The smallest absolute Gasteiger partial charge is 0.311 e. The Morgan fingerprint density at radius 1 is 1.50 bits per heavy atom. The molecule has 1 amide bonds. The number of fused-ring (bicyclic) bond motifs is 1. The van der Waals surface area contributed by atoms with Gasteiger partial charge in [-0.15, -0.1) is 11.8 Å². The number of carbonyl (C=O) groups is 2. The quantitative estimate of drug-likeness (QED) is 0.815. The monoisotopic (exact) mass is 351 g/mol. The fourth-order valence-electron chi connectivity index (χ4n) is 3.42. The van der Waals surface area contributed by atoms with E-state index in [1.807, 2.05) is 24.3 Å². The van der Waals surface area contributed by atoms with Crippen LogP contribution in [-0.2, 0) is 14.3 Å². The molecule has 24 heavy (non-hydrogen) atoms. The number of rotatable bonds is 5. The lowest BCUT2D eigenvalue weighted by Gasteiger charge is -2.33. The van der Waals surface area contributed by atoms with Gasteiger partial charge in [-0.3, -0.25) is 9.59 Å². The molecule has 0 saturated carbocycles. The molecule has 2 saturated heterocycles.